The summed E-state index contributed by atoms with van der Waals surface area (Å²) in [5, 5.41) is 0. The molecule has 0 bridgehead atoms. The molecule has 0 spiro atoms. The van der Waals surface area contributed by atoms with Crippen LogP contribution >= 0.6 is 0 Å². The first-order chi connectivity index (χ1) is 7.76. The molecule has 1 aromatic rings. The fourth-order valence-electron chi connectivity index (χ4n) is 1.65. The number of benzene rings is 1. The molecular weight excluding hydrogens is 200 g/mol. The number of hydrogen-bond donors (Lipinski definition) is 0. The minimum atomic E-state index is 0.277. The molecule has 1 aromatic carbocycles. The van der Waals surface area contributed by atoms with Crippen molar-refractivity contribution in [2.75, 3.05) is 7.11 Å². The van der Waals surface area contributed by atoms with Gasteiger partial charge in [-0.15, -0.1) is 0 Å². The van der Waals surface area contributed by atoms with Crippen molar-refractivity contribution in [3.05, 3.63) is 24.3 Å². The molecule has 90 valence electrons. The smallest absolute Gasteiger partial charge is 0.123 e. The van der Waals surface area contributed by atoms with E-state index in [4.69, 9.17) is 9.47 Å². The normalized spacial score (nSPS) is 12.2. The van der Waals surface area contributed by atoms with Crippen LogP contribution in [0.15, 0.2) is 24.3 Å². The number of rotatable bonds is 7. The Balaban J connectivity index is 2.39. The van der Waals surface area contributed by atoms with Gasteiger partial charge in [-0.1, -0.05) is 25.8 Å². The Kier molecular flexibility index (Phi) is 5.76. The molecule has 1 unspecified atom stereocenters. The average molecular weight is 222 g/mol. The molecule has 0 heterocycles. The molecule has 2 nitrogen and oxygen atoms in total. The van der Waals surface area contributed by atoms with Gasteiger partial charge in [-0.25, -0.2) is 0 Å². The highest BCUT2D eigenvalue weighted by Crippen LogP contribution is 2.21. The molecule has 1 atom stereocenters. The summed E-state index contributed by atoms with van der Waals surface area (Å²) in [6.45, 7) is 4.34. The number of hydrogen-bond acceptors (Lipinski definition) is 2. The van der Waals surface area contributed by atoms with Gasteiger partial charge in [0.1, 0.15) is 11.5 Å². The van der Waals surface area contributed by atoms with E-state index in [-0.39, 0.29) is 6.10 Å². The van der Waals surface area contributed by atoms with Crippen LogP contribution in [-0.4, -0.2) is 13.2 Å². The van der Waals surface area contributed by atoms with Crippen molar-refractivity contribution in [3.63, 3.8) is 0 Å². The highest BCUT2D eigenvalue weighted by atomic mass is 16.5. The van der Waals surface area contributed by atoms with Crippen LogP contribution in [0.3, 0.4) is 0 Å². The van der Waals surface area contributed by atoms with Crippen molar-refractivity contribution < 1.29 is 9.47 Å². The lowest BCUT2D eigenvalue weighted by Crippen LogP contribution is -2.11. The minimum absolute atomic E-state index is 0.277. The molecule has 0 radical (unpaired) electrons. The monoisotopic (exact) mass is 222 g/mol. The second kappa shape index (κ2) is 7.15. The first-order valence-electron chi connectivity index (χ1n) is 6.07. The Hall–Kier alpha value is -1.18. The Morgan fingerprint density at radius 1 is 1.19 bits per heavy atom. The van der Waals surface area contributed by atoms with E-state index in [2.05, 4.69) is 13.8 Å². The Morgan fingerprint density at radius 3 is 2.62 bits per heavy atom. The third-order valence-corrected chi connectivity index (χ3v) is 2.59. The third-order valence-electron chi connectivity index (χ3n) is 2.59. The van der Waals surface area contributed by atoms with E-state index >= 15 is 0 Å². The molecule has 1 rings (SSSR count). The summed E-state index contributed by atoms with van der Waals surface area (Å²) in [4.78, 5) is 0. The van der Waals surface area contributed by atoms with Crippen LogP contribution in [0.4, 0.5) is 0 Å². The lowest BCUT2D eigenvalue weighted by molar-refractivity contribution is 0.206. The first-order valence-corrected chi connectivity index (χ1v) is 6.07. The van der Waals surface area contributed by atoms with E-state index in [1.807, 2.05) is 24.3 Å². The molecule has 0 N–H and O–H groups in total. The van der Waals surface area contributed by atoms with Gasteiger partial charge in [-0.05, 0) is 31.9 Å². The fraction of sp³-hybridized carbons (Fsp3) is 0.571. The largest absolute Gasteiger partial charge is 0.497 e. The van der Waals surface area contributed by atoms with Crippen LogP contribution in [0.1, 0.15) is 39.5 Å². The summed E-state index contributed by atoms with van der Waals surface area (Å²) in [6.07, 6.45) is 5.17. The lowest BCUT2D eigenvalue weighted by atomic mass is 10.1. The summed E-state index contributed by atoms with van der Waals surface area (Å²) >= 11 is 0. The predicted molar refractivity (Wildman–Crippen MR) is 67.2 cm³/mol. The van der Waals surface area contributed by atoms with Gasteiger partial charge < -0.3 is 9.47 Å². The third kappa shape index (κ3) is 4.56. The summed E-state index contributed by atoms with van der Waals surface area (Å²) < 4.78 is 11.0. The van der Waals surface area contributed by atoms with Crippen molar-refractivity contribution in [2.24, 2.45) is 0 Å². The molecule has 0 fully saturated rings. The molecule has 0 aliphatic heterocycles. The summed E-state index contributed by atoms with van der Waals surface area (Å²) in [7, 11) is 1.67. The van der Waals surface area contributed by atoms with Gasteiger partial charge in [0.25, 0.3) is 0 Å². The standard InChI is InChI=1S/C14H22O2/c1-4-5-6-8-12(2)16-14-10-7-9-13(11-14)15-3/h7,9-12H,4-6,8H2,1-3H3. The number of methoxy groups -OCH3 is 1. The zero-order valence-electron chi connectivity index (χ0n) is 10.5. The van der Waals surface area contributed by atoms with Crippen LogP contribution in [0.5, 0.6) is 11.5 Å². The van der Waals surface area contributed by atoms with Crippen molar-refractivity contribution in [1.82, 2.24) is 0 Å². The van der Waals surface area contributed by atoms with Crippen molar-refractivity contribution in [3.8, 4) is 11.5 Å². The minimum Gasteiger partial charge on any atom is -0.497 e. The molecular formula is C14H22O2. The summed E-state index contributed by atoms with van der Waals surface area (Å²) in [6, 6.07) is 7.77. The molecule has 0 aliphatic rings. The van der Waals surface area contributed by atoms with Gasteiger partial charge in [-0.2, -0.15) is 0 Å². The Morgan fingerprint density at radius 2 is 1.94 bits per heavy atom. The van der Waals surface area contributed by atoms with E-state index in [0.717, 1.165) is 17.9 Å². The maximum atomic E-state index is 5.82. The zero-order valence-corrected chi connectivity index (χ0v) is 10.5. The second-order valence-electron chi connectivity index (χ2n) is 4.10. The van der Waals surface area contributed by atoms with Gasteiger partial charge in [0.05, 0.1) is 13.2 Å². The maximum absolute atomic E-state index is 5.82. The number of unbranched alkanes of at least 4 members (excludes halogenated alkanes) is 2. The number of ether oxygens (including phenoxy) is 2. The molecule has 16 heavy (non-hydrogen) atoms. The van der Waals surface area contributed by atoms with E-state index in [9.17, 15) is 0 Å². The molecule has 0 amide bonds. The fourth-order valence-corrected chi connectivity index (χ4v) is 1.65. The molecule has 0 aromatic heterocycles. The quantitative estimate of drug-likeness (QED) is 0.648. The van der Waals surface area contributed by atoms with E-state index in [0.29, 0.717) is 0 Å². The SMILES string of the molecule is CCCCCC(C)Oc1cccc(OC)c1. The molecule has 0 saturated heterocycles. The average Bonchev–Trinajstić information content (AvgIpc) is 2.29. The van der Waals surface area contributed by atoms with Gasteiger partial charge in [0.2, 0.25) is 0 Å². The second-order valence-corrected chi connectivity index (χ2v) is 4.10. The van der Waals surface area contributed by atoms with E-state index < -0.39 is 0 Å². The van der Waals surface area contributed by atoms with E-state index in [1.54, 1.807) is 7.11 Å². The van der Waals surface area contributed by atoms with E-state index in [1.165, 1.54) is 19.3 Å². The van der Waals surface area contributed by atoms with Gasteiger partial charge in [0.15, 0.2) is 0 Å². The van der Waals surface area contributed by atoms with Gasteiger partial charge in [0, 0.05) is 6.07 Å². The highest BCUT2D eigenvalue weighted by molar-refractivity contribution is 5.32. The van der Waals surface area contributed by atoms with Gasteiger partial charge in [-0.3, -0.25) is 0 Å². The first kappa shape index (κ1) is 12.9. The van der Waals surface area contributed by atoms with Crippen molar-refractivity contribution in [2.45, 2.75) is 45.6 Å². The van der Waals surface area contributed by atoms with Crippen LogP contribution in [0.2, 0.25) is 0 Å². The summed E-state index contributed by atoms with van der Waals surface area (Å²) in [5.41, 5.74) is 0. The Labute approximate surface area is 98.6 Å². The lowest BCUT2D eigenvalue weighted by Gasteiger charge is -2.14. The summed E-state index contributed by atoms with van der Waals surface area (Å²) in [5.74, 6) is 1.74. The predicted octanol–water partition coefficient (Wildman–Crippen LogP) is 4.04. The zero-order chi connectivity index (χ0) is 11.8. The van der Waals surface area contributed by atoms with Crippen LogP contribution in [0.25, 0.3) is 0 Å². The maximum Gasteiger partial charge on any atom is 0.123 e. The van der Waals surface area contributed by atoms with Crippen molar-refractivity contribution >= 4 is 0 Å². The molecule has 0 saturated carbocycles. The Bertz CT molecular complexity index is 297. The van der Waals surface area contributed by atoms with Crippen molar-refractivity contribution in [1.29, 1.82) is 0 Å². The molecule has 0 aliphatic carbocycles. The highest BCUT2D eigenvalue weighted by Gasteiger charge is 2.04. The molecule has 2 heteroatoms. The van der Waals surface area contributed by atoms with Crippen LogP contribution < -0.4 is 9.47 Å². The van der Waals surface area contributed by atoms with Crippen LogP contribution in [0, 0.1) is 0 Å². The van der Waals surface area contributed by atoms with Gasteiger partial charge >= 0.3 is 0 Å². The van der Waals surface area contributed by atoms with Crippen LogP contribution in [-0.2, 0) is 0 Å². The topological polar surface area (TPSA) is 18.5 Å².